The summed E-state index contributed by atoms with van der Waals surface area (Å²) >= 11 is 6.75. The molecule has 0 aliphatic carbocycles. The first kappa shape index (κ1) is 17.6. The van der Waals surface area contributed by atoms with E-state index in [0.717, 1.165) is 36.4 Å². The van der Waals surface area contributed by atoms with Crippen molar-refractivity contribution in [1.29, 1.82) is 0 Å². The summed E-state index contributed by atoms with van der Waals surface area (Å²) in [5.41, 5.74) is -1.54. The summed E-state index contributed by atoms with van der Waals surface area (Å²) in [5, 5.41) is 2.22. The smallest absolute Gasteiger partial charge is 0.316 e. The van der Waals surface area contributed by atoms with Crippen molar-refractivity contribution in [1.82, 2.24) is 0 Å². The maximum Gasteiger partial charge on any atom is 0.416 e. The van der Waals surface area contributed by atoms with E-state index in [0.29, 0.717) is 11.3 Å². The van der Waals surface area contributed by atoms with Gasteiger partial charge in [0.15, 0.2) is 0 Å². The van der Waals surface area contributed by atoms with Gasteiger partial charge in [-0.15, -0.1) is 11.3 Å². The van der Waals surface area contributed by atoms with Gasteiger partial charge in [0.2, 0.25) is 0 Å². The van der Waals surface area contributed by atoms with Crippen molar-refractivity contribution in [2.24, 2.45) is 0 Å². The van der Waals surface area contributed by atoms with Crippen molar-refractivity contribution in [3.05, 3.63) is 63.5 Å². The predicted molar refractivity (Wildman–Crippen MR) is 86.1 cm³/mol. The lowest BCUT2D eigenvalue weighted by Crippen LogP contribution is -2.13. The fraction of sp³-hybridized carbons (Fsp3) is 0.0625. The van der Waals surface area contributed by atoms with Crippen molar-refractivity contribution < 1.29 is 26.7 Å². The van der Waals surface area contributed by atoms with Crippen LogP contribution in [0.1, 0.15) is 15.2 Å². The lowest BCUT2D eigenvalue weighted by molar-refractivity contribution is -0.137. The number of rotatable bonds is 2. The van der Waals surface area contributed by atoms with Crippen LogP contribution in [0.15, 0.2) is 36.4 Å². The number of fused-ring (bicyclic) bond motifs is 1. The molecule has 3 aromatic rings. The highest BCUT2D eigenvalue weighted by molar-refractivity contribution is 7.21. The molecule has 0 saturated heterocycles. The molecule has 0 spiro atoms. The maximum absolute atomic E-state index is 13.6. The molecule has 1 N–H and O–H groups in total. The highest BCUT2D eigenvalue weighted by atomic mass is 35.5. The van der Waals surface area contributed by atoms with Gasteiger partial charge >= 0.3 is 6.18 Å². The Hall–Kier alpha value is -2.19. The van der Waals surface area contributed by atoms with Gasteiger partial charge in [-0.05, 0) is 24.3 Å². The lowest BCUT2D eigenvalue weighted by Gasteiger charge is -2.06. The van der Waals surface area contributed by atoms with Gasteiger partial charge in [-0.3, -0.25) is 4.79 Å². The summed E-state index contributed by atoms with van der Waals surface area (Å²) < 4.78 is 65.7. The van der Waals surface area contributed by atoms with Crippen LogP contribution in [0.25, 0.3) is 10.1 Å². The summed E-state index contributed by atoms with van der Waals surface area (Å²) in [7, 11) is 0. The third-order valence-corrected chi connectivity index (χ3v) is 5.02. The van der Waals surface area contributed by atoms with Crippen molar-refractivity contribution in [3.63, 3.8) is 0 Å². The van der Waals surface area contributed by atoms with E-state index in [2.05, 4.69) is 5.32 Å². The summed E-state index contributed by atoms with van der Waals surface area (Å²) in [4.78, 5) is 12.1. The van der Waals surface area contributed by atoms with E-state index >= 15 is 0 Å². The van der Waals surface area contributed by atoms with E-state index in [1.807, 2.05) is 0 Å². The molecule has 0 bridgehead atoms. The van der Waals surface area contributed by atoms with Gasteiger partial charge in [0.1, 0.15) is 22.2 Å². The van der Waals surface area contributed by atoms with Crippen LogP contribution in [0.3, 0.4) is 0 Å². The molecule has 1 aromatic heterocycles. The molecular weight excluding hydrogens is 385 g/mol. The van der Waals surface area contributed by atoms with Gasteiger partial charge < -0.3 is 5.32 Å². The van der Waals surface area contributed by atoms with Crippen molar-refractivity contribution in [3.8, 4) is 0 Å². The van der Waals surface area contributed by atoms with E-state index in [-0.39, 0.29) is 20.0 Å². The largest absolute Gasteiger partial charge is 0.416 e. The van der Waals surface area contributed by atoms with Crippen LogP contribution in [0.4, 0.5) is 27.6 Å². The fourth-order valence-corrected chi connectivity index (χ4v) is 3.63. The number of amides is 1. The van der Waals surface area contributed by atoms with E-state index in [1.165, 1.54) is 0 Å². The van der Waals surface area contributed by atoms with E-state index in [1.54, 1.807) is 0 Å². The molecule has 0 fully saturated rings. The normalized spacial score (nSPS) is 11.8. The van der Waals surface area contributed by atoms with E-state index in [4.69, 9.17) is 11.6 Å². The number of alkyl halides is 3. The minimum Gasteiger partial charge on any atom is -0.316 e. The Balaban J connectivity index is 2.01. The van der Waals surface area contributed by atoms with Crippen LogP contribution in [-0.2, 0) is 6.18 Å². The molecule has 0 aliphatic heterocycles. The van der Waals surface area contributed by atoms with Gasteiger partial charge in [0.25, 0.3) is 5.91 Å². The third kappa shape index (κ3) is 3.32. The molecule has 1 heterocycles. The number of benzene rings is 2. The van der Waals surface area contributed by atoms with E-state index in [9.17, 15) is 26.7 Å². The zero-order valence-electron chi connectivity index (χ0n) is 12.0. The second-order valence-electron chi connectivity index (χ2n) is 5.00. The molecular formula is C16H7ClF5NOS. The topological polar surface area (TPSA) is 29.1 Å². The molecule has 0 atom stereocenters. The first-order valence-corrected chi connectivity index (χ1v) is 7.92. The van der Waals surface area contributed by atoms with Crippen molar-refractivity contribution >= 4 is 44.6 Å². The Morgan fingerprint density at radius 1 is 1.08 bits per heavy atom. The van der Waals surface area contributed by atoms with Gasteiger partial charge in [0, 0.05) is 10.1 Å². The summed E-state index contributed by atoms with van der Waals surface area (Å²) in [5.74, 6) is -2.88. The molecule has 0 aliphatic rings. The van der Waals surface area contributed by atoms with Gasteiger partial charge in [-0.2, -0.15) is 13.2 Å². The Labute approximate surface area is 146 Å². The minimum absolute atomic E-state index is 0.0806. The fourth-order valence-electron chi connectivity index (χ4n) is 2.18. The summed E-state index contributed by atoms with van der Waals surface area (Å²) in [6.07, 6.45) is -4.54. The average Bonchev–Trinajstić information content (AvgIpc) is 2.87. The first-order chi connectivity index (χ1) is 11.7. The monoisotopic (exact) mass is 391 g/mol. The SMILES string of the molecule is O=C(Nc1c(F)cccc1F)c1sc2cc(C(F)(F)F)ccc2c1Cl. The van der Waals surface area contributed by atoms with Crippen molar-refractivity contribution in [2.75, 3.05) is 5.32 Å². The quantitative estimate of drug-likeness (QED) is 0.525. The lowest BCUT2D eigenvalue weighted by atomic mass is 10.1. The zero-order chi connectivity index (χ0) is 18.4. The molecule has 0 radical (unpaired) electrons. The Bertz CT molecular complexity index is 962. The van der Waals surface area contributed by atoms with Crippen LogP contribution in [0, 0.1) is 11.6 Å². The standard InChI is InChI=1S/C16H7ClF5NOS/c17-12-8-5-4-7(16(20,21)22)6-11(8)25-14(12)15(24)23-13-9(18)2-1-3-10(13)19/h1-6H,(H,23,24). The molecule has 3 rings (SSSR count). The number of nitrogens with one attached hydrogen (secondary N) is 1. The van der Waals surface area contributed by atoms with Crippen LogP contribution in [0.2, 0.25) is 5.02 Å². The molecule has 2 aromatic carbocycles. The second kappa shape index (κ2) is 6.27. The van der Waals surface area contributed by atoms with E-state index < -0.39 is 35.0 Å². The summed E-state index contributed by atoms with van der Waals surface area (Å²) in [6.45, 7) is 0. The highest BCUT2D eigenvalue weighted by Crippen LogP contribution is 2.39. The number of thiophene rings is 1. The minimum atomic E-state index is -4.54. The maximum atomic E-state index is 13.6. The molecule has 1 amide bonds. The van der Waals surface area contributed by atoms with Crippen LogP contribution in [0.5, 0.6) is 0 Å². The number of hydrogen-bond acceptors (Lipinski definition) is 2. The zero-order valence-corrected chi connectivity index (χ0v) is 13.6. The Morgan fingerprint density at radius 3 is 2.32 bits per heavy atom. The molecule has 130 valence electrons. The molecule has 2 nitrogen and oxygen atoms in total. The molecule has 0 saturated carbocycles. The number of carbonyl (C=O) groups excluding carboxylic acids is 1. The predicted octanol–water partition coefficient (Wildman–Crippen LogP) is 6.10. The van der Waals surface area contributed by atoms with Gasteiger partial charge in [-0.25, -0.2) is 8.78 Å². The Kier molecular flexibility index (Phi) is 4.42. The third-order valence-electron chi connectivity index (χ3n) is 3.36. The van der Waals surface area contributed by atoms with Crippen LogP contribution in [-0.4, -0.2) is 5.91 Å². The number of para-hydroxylation sites is 1. The average molecular weight is 392 g/mol. The second-order valence-corrected chi connectivity index (χ2v) is 6.43. The molecule has 0 unspecified atom stereocenters. The molecule has 9 heteroatoms. The first-order valence-electron chi connectivity index (χ1n) is 6.73. The molecule has 25 heavy (non-hydrogen) atoms. The number of carbonyl (C=O) groups is 1. The number of anilines is 1. The number of hydrogen-bond donors (Lipinski definition) is 1. The van der Waals surface area contributed by atoms with Crippen LogP contribution < -0.4 is 5.32 Å². The highest BCUT2D eigenvalue weighted by Gasteiger charge is 2.31. The number of halogens is 6. The summed E-state index contributed by atoms with van der Waals surface area (Å²) in [6, 6.07) is 5.91. The van der Waals surface area contributed by atoms with Crippen molar-refractivity contribution in [2.45, 2.75) is 6.18 Å². The Morgan fingerprint density at radius 2 is 1.72 bits per heavy atom. The van der Waals surface area contributed by atoms with Gasteiger partial charge in [0.05, 0.1) is 10.6 Å². The van der Waals surface area contributed by atoms with Gasteiger partial charge in [-0.1, -0.05) is 23.7 Å². The van der Waals surface area contributed by atoms with Crippen LogP contribution >= 0.6 is 22.9 Å².